The summed E-state index contributed by atoms with van der Waals surface area (Å²) >= 11 is 0. The summed E-state index contributed by atoms with van der Waals surface area (Å²) in [6.45, 7) is 7.04. The predicted octanol–water partition coefficient (Wildman–Crippen LogP) is 2.80. The Hall–Kier alpha value is -2.49. The van der Waals surface area contributed by atoms with Gasteiger partial charge in [-0.25, -0.2) is 5.01 Å². The minimum atomic E-state index is 0.135. The fraction of sp³-hybridized carbons (Fsp3) is 0.552. The lowest BCUT2D eigenvalue weighted by Crippen LogP contribution is -2.41. The summed E-state index contributed by atoms with van der Waals surface area (Å²) in [5.41, 5.74) is 12.4. The first-order valence-corrected chi connectivity index (χ1v) is 13.9. The molecular weight excluding hydrogens is 464 g/mol. The van der Waals surface area contributed by atoms with Crippen molar-refractivity contribution in [2.75, 3.05) is 57.2 Å². The van der Waals surface area contributed by atoms with E-state index in [-0.39, 0.29) is 11.9 Å². The summed E-state index contributed by atoms with van der Waals surface area (Å²) in [5.74, 6) is 0.135. The number of ether oxygens (including phenoxy) is 1. The number of likely N-dealkylation sites (tertiary alicyclic amines) is 1. The summed E-state index contributed by atoms with van der Waals surface area (Å²) < 4.78 is 5.52. The second-order valence-corrected chi connectivity index (χ2v) is 11.0. The molecule has 2 atom stereocenters. The minimum Gasteiger partial charge on any atom is -0.379 e. The van der Waals surface area contributed by atoms with E-state index in [1.807, 2.05) is 0 Å². The first-order valence-electron chi connectivity index (χ1n) is 13.9. The third-order valence-electron chi connectivity index (χ3n) is 8.51. The molecule has 8 heteroatoms. The Labute approximate surface area is 220 Å². The summed E-state index contributed by atoms with van der Waals surface area (Å²) in [6, 6.07) is 11.7. The molecule has 4 aliphatic heterocycles. The molecule has 2 aromatic rings. The molecule has 0 saturated carbocycles. The molecule has 0 aliphatic carbocycles. The number of anilines is 2. The molecule has 2 fully saturated rings. The molecule has 198 valence electrons. The van der Waals surface area contributed by atoms with E-state index in [0.29, 0.717) is 12.5 Å². The largest absolute Gasteiger partial charge is 0.379 e. The SMILES string of the molecule is CN1CCCC1CC(=O)Nc1cc(C2Cc3c(cccc3NN3CCOCC3)CN2)cc2c1CCNC2. The Kier molecular flexibility index (Phi) is 7.44. The van der Waals surface area contributed by atoms with Gasteiger partial charge in [-0.05, 0) is 85.8 Å². The molecule has 2 unspecified atom stereocenters. The van der Waals surface area contributed by atoms with Crippen LogP contribution < -0.4 is 21.4 Å². The lowest BCUT2D eigenvalue weighted by atomic mass is 9.87. The van der Waals surface area contributed by atoms with Gasteiger partial charge in [0.2, 0.25) is 5.91 Å². The number of morpholine rings is 1. The third-order valence-corrected chi connectivity index (χ3v) is 8.51. The number of nitrogens with one attached hydrogen (secondary N) is 4. The van der Waals surface area contributed by atoms with Gasteiger partial charge in [-0.15, -0.1) is 0 Å². The molecule has 4 N–H and O–H groups in total. The van der Waals surface area contributed by atoms with E-state index < -0.39 is 0 Å². The number of hydrogen-bond acceptors (Lipinski definition) is 7. The van der Waals surface area contributed by atoms with Crippen molar-refractivity contribution in [2.24, 2.45) is 0 Å². The number of fused-ring (bicyclic) bond motifs is 2. The number of carbonyl (C=O) groups is 1. The fourth-order valence-corrected chi connectivity index (χ4v) is 6.35. The lowest BCUT2D eigenvalue weighted by Gasteiger charge is -2.33. The molecule has 1 amide bonds. The quantitative estimate of drug-likeness (QED) is 0.482. The summed E-state index contributed by atoms with van der Waals surface area (Å²) in [7, 11) is 2.13. The average Bonchev–Trinajstić information content (AvgIpc) is 3.33. The maximum absolute atomic E-state index is 13.1. The molecule has 0 spiro atoms. The van der Waals surface area contributed by atoms with E-state index in [0.717, 1.165) is 77.4 Å². The van der Waals surface area contributed by atoms with Crippen LogP contribution in [0.4, 0.5) is 11.4 Å². The smallest absolute Gasteiger partial charge is 0.225 e. The van der Waals surface area contributed by atoms with Crippen molar-refractivity contribution in [3.63, 3.8) is 0 Å². The Morgan fingerprint density at radius 2 is 1.97 bits per heavy atom. The molecule has 0 bridgehead atoms. The first kappa shape index (κ1) is 24.8. The summed E-state index contributed by atoms with van der Waals surface area (Å²) in [4.78, 5) is 15.4. The van der Waals surface area contributed by atoms with Crippen LogP contribution in [0.15, 0.2) is 30.3 Å². The molecule has 37 heavy (non-hydrogen) atoms. The van der Waals surface area contributed by atoms with Crippen molar-refractivity contribution in [2.45, 2.75) is 57.3 Å². The van der Waals surface area contributed by atoms with Crippen LogP contribution in [0.1, 0.15) is 53.1 Å². The lowest BCUT2D eigenvalue weighted by molar-refractivity contribution is -0.117. The van der Waals surface area contributed by atoms with Crippen molar-refractivity contribution in [3.05, 3.63) is 58.1 Å². The summed E-state index contributed by atoms with van der Waals surface area (Å²) in [5, 5.41) is 12.9. The number of hydrazine groups is 1. The van der Waals surface area contributed by atoms with Gasteiger partial charge >= 0.3 is 0 Å². The Morgan fingerprint density at radius 3 is 2.81 bits per heavy atom. The van der Waals surface area contributed by atoms with Gasteiger partial charge in [0.1, 0.15) is 0 Å². The average molecular weight is 505 g/mol. The van der Waals surface area contributed by atoms with E-state index >= 15 is 0 Å². The van der Waals surface area contributed by atoms with Crippen molar-refractivity contribution in [1.29, 1.82) is 0 Å². The Morgan fingerprint density at radius 1 is 1.08 bits per heavy atom. The number of carbonyl (C=O) groups excluding carboxylic acids is 1. The summed E-state index contributed by atoms with van der Waals surface area (Å²) in [6.07, 6.45) is 4.72. The van der Waals surface area contributed by atoms with Crippen molar-refractivity contribution in [1.82, 2.24) is 20.5 Å². The fourth-order valence-electron chi connectivity index (χ4n) is 6.35. The monoisotopic (exact) mass is 504 g/mol. The van der Waals surface area contributed by atoms with Crippen LogP contribution in [0.25, 0.3) is 0 Å². The van der Waals surface area contributed by atoms with Crippen LogP contribution in [0.2, 0.25) is 0 Å². The maximum atomic E-state index is 13.1. The Bertz CT molecular complexity index is 1130. The van der Waals surface area contributed by atoms with E-state index in [1.165, 1.54) is 39.9 Å². The third kappa shape index (κ3) is 5.54. The minimum absolute atomic E-state index is 0.135. The molecule has 8 nitrogen and oxygen atoms in total. The van der Waals surface area contributed by atoms with Gasteiger partial charge in [0.25, 0.3) is 0 Å². The molecule has 4 aliphatic rings. The predicted molar refractivity (Wildman–Crippen MR) is 146 cm³/mol. The zero-order chi connectivity index (χ0) is 25.2. The second-order valence-electron chi connectivity index (χ2n) is 11.0. The van der Waals surface area contributed by atoms with Crippen LogP contribution in [0.5, 0.6) is 0 Å². The van der Waals surface area contributed by atoms with Gasteiger partial charge in [0, 0.05) is 50.4 Å². The number of nitrogens with zero attached hydrogens (tertiary/aromatic N) is 2. The van der Waals surface area contributed by atoms with Gasteiger partial charge in [0.05, 0.1) is 18.9 Å². The highest BCUT2D eigenvalue weighted by Gasteiger charge is 2.27. The standard InChI is InChI=1S/C29H40N6O2/c1-34-9-3-5-23(34)16-29(36)32-28-15-21(14-22-18-30-8-7-24(22)28)27-17-25-20(19-31-27)4-2-6-26(25)33-35-10-12-37-13-11-35/h2,4,6,14-15,23,27,30-31,33H,3,5,7-13,16-19H2,1H3,(H,32,36). The van der Waals surface area contributed by atoms with Gasteiger partial charge < -0.3 is 31.0 Å². The van der Waals surface area contributed by atoms with Crippen molar-refractivity contribution < 1.29 is 9.53 Å². The Balaban J connectivity index is 1.23. The van der Waals surface area contributed by atoms with Crippen molar-refractivity contribution >= 4 is 17.3 Å². The maximum Gasteiger partial charge on any atom is 0.225 e. The number of benzene rings is 2. The van der Waals surface area contributed by atoms with Gasteiger partial charge in [-0.3, -0.25) is 4.79 Å². The molecule has 6 rings (SSSR count). The first-order chi connectivity index (χ1) is 18.1. The highest BCUT2D eigenvalue weighted by atomic mass is 16.5. The molecule has 4 heterocycles. The normalized spacial score (nSPS) is 24.4. The topological polar surface area (TPSA) is 80.9 Å². The zero-order valence-corrected chi connectivity index (χ0v) is 21.9. The molecule has 2 aromatic carbocycles. The van der Waals surface area contributed by atoms with E-state index in [1.54, 1.807) is 0 Å². The van der Waals surface area contributed by atoms with Crippen LogP contribution in [-0.4, -0.2) is 68.3 Å². The van der Waals surface area contributed by atoms with Crippen LogP contribution >= 0.6 is 0 Å². The molecule has 0 radical (unpaired) electrons. The highest BCUT2D eigenvalue weighted by Crippen LogP contribution is 2.35. The van der Waals surface area contributed by atoms with Crippen LogP contribution in [-0.2, 0) is 35.5 Å². The van der Waals surface area contributed by atoms with Gasteiger partial charge in [0.15, 0.2) is 0 Å². The van der Waals surface area contributed by atoms with E-state index in [9.17, 15) is 4.79 Å². The highest BCUT2D eigenvalue weighted by molar-refractivity contribution is 5.92. The number of rotatable bonds is 6. The van der Waals surface area contributed by atoms with E-state index in [4.69, 9.17) is 4.74 Å². The zero-order valence-electron chi connectivity index (χ0n) is 21.9. The van der Waals surface area contributed by atoms with E-state index in [2.05, 4.69) is 68.7 Å². The molecule has 0 aromatic heterocycles. The number of amides is 1. The van der Waals surface area contributed by atoms with Gasteiger partial charge in [-0.2, -0.15) is 0 Å². The van der Waals surface area contributed by atoms with Gasteiger partial charge in [-0.1, -0.05) is 18.2 Å². The van der Waals surface area contributed by atoms with Crippen LogP contribution in [0, 0.1) is 0 Å². The second kappa shape index (κ2) is 11.1. The number of hydrogen-bond donors (Lipinski definition) is 4. The van der Waals surface area contributed by atoms with Crippen LogP contribution in [0.3, 0.4) is 0 Å². The molecular formula is C29H40N6O2. The van der Waals surface area contributed by atoms with Crippen molar-refractivity contribution in [3.8, 4) is 0 Å². The molecule has 2 saturated heterocycles.